The van der Waals surface area contributed by atoms with Gasteiger partial charge >= 0.3 is 6.18 Å². The lowest BCUT2D eigenvalue weighted by atomic mass is 9.97. The topological polar surface area (TPSA) is 59.0 Å². The molecule has 0 radical (unpaired) electrons. The van der Waals surface area contributed by atoms with Crippen LogP contribution in [0.2, 0.25) is 10.0 Å². The van der Waals surface area contributed by atoms with Gasteiger partial charge in [0, 0.05) is 11.4 Å². The number of hydrogen-bond donors (Lipinski definition) is 2. The van der Waals surface area contributed by atoms with Gasteiger partial charge < -0.3 is 10.6 Å². The van der Waals surface area contributed by atoms with Gasteiger partial charge in [-0.05, 0) is 39.7 Å². The summed E-state index contributed by atoms with van der Waals surface area (Å²) in [5.41, 5.74) is 0.767. The predicted molar refractivity (Wildman–Crippen MR) is 117 cm³/mol. The first-order valence-electron chi connectivity index (χ1n) is 9.07. The van der Waals surface area contributed by atoms with E-state index in [1.807, 2.05) is 0 Å². The number of carbonyl (C=O) groups is 1. The molecule has 0 spiro atoms. The van der Waals surface area contributed by atoms with Crippen molar-refractivity contribution in [3.8, 4) is 0 Å². The number of fused-ring (bicyclic) bond motifs is 1. The van der Waals surface area contributed by atoms with E-state index >= 15 is 0 Å². The lowest BCUT2D eigenvalue weighted by Gasteiger charge is -2.33. The summed E-state index contributed by atoms with van der Waals surface area (Å²) in [6, 6.07) is 10.8. The molecule has 2 N–H and O–H groups in total. The van der Waals surface area contributed by atoms with Crippen molar-refractivity contribution in [2.45, 2.75) is 24.7 Å². The zero-order valence-electron chi connectivity index (χ0n) is 15.6. The summed E-state index contributed by atoms with van der Waals surface area (Å²) < 4.78 is 42.5. The Labute approximate surface area is 193 Å². The van der Waals surface area contributed by atoms with Crippen LogP contribution in [0.3, 0.4) is 0 Å². The van der Waals surface area contributed by atoms with E-state index in [4.69, 9.17) is 23.2 Å². The summed E-state index contributed by atoms with van der Waals surface area (Å²) in [5, 5.41) is 10.2. The highest BCUT2D eigenvalue weighted by Gasteiger charge is 2.47. The number of hydrogen-bond acceptors (Lipinski definition) is 3. The second-order valence-electron chi connectivity index (χ2n) is 6.93. The Morgan fingerprint density at radius 3 is 2.55 bits per heavy atom. The standard InChI is InChI=1S/C20H14BrCl2F3N4O/c21-16-17(19(31)28-13-7-6-11(22)8-12(13)23)29-30-15(20(24,25)26)9-14(27-18(16)30)10-4-2-1-3-5-10/h1-8,14-15,27H,9H2,(H,28,31). The molecule has 3 aromatic rings. The molecule has 2 atom stereocenters. The monoisotopic (exact) mass is 532 g/mol. The second kappa shape index (κ2) is 8.37. The molecule has 2 heterocycles. The number of nitrogens with zero attached hydrogens (tertiary/aromatic N) is 2. The molecule has 0 bridgehead atoms. The lowest BCUT2D eigenvalue weighted by molar-refractivity contribution is -0.173. The molecule has 31 heavy (non-hydrogen) atoms. The first-order valence-corrected chi connectivity index (χ1v) is 10.6. The Bertz CT molecular complexity index is 1140. The molecule has 11 heteroatoms. The molecule has 0 aliphatic carbocycles. The Morgan fingerprint density at radius 1 is 1.19 bits per heavy atom. The third-order valence-electron chi connectivity index (χ3n) is 4.89. The number of aromatic nitrogens is 2. The van der Waals surface area contributed by atoms with E-state index in [0.29, 0.717) is 10.6 Å². The lowest BCUT2D eigenvalue weighted by Crippen LogP contribution is -2.35. The molecular formula is C20H14BrCl2F3N4O. The molecule has 1 amide bonds. The summed E-state index contributed by atoms with van der Waals surface area (Å²) in [6.07, 6.45) is -4.82. The quantitative estimate of drug-likeness (QED) is 0.386. The van der Waals surface area contributed by atoms with E-state index in [9.17, 15) is 18.0 Å². The fraction of sp³-hybridized carbons (Fsp3) is 0.200. The zero-order chi connectivity index (χ0) is 22.3. The Balaban J connectivity index is 1.70. The maximum absolute atomic E-state index is 13.9. The van der Waals surface area contributed by atoms with Crippen molar-refractivity contribution < 1.29 is 18.0 Å². The molecular weight excluding hydrogens is 520 g/mol. The molecule has 5 nitrogen and oxygen atoms in total. The fourth-order valence-electron chi connectivity index (χ4n) is 3.41. The molecule has 0 saturated heterocycles. The molecule has 0 saturated carbocycles. The van der Waals surface area contributed by atoms with E-state index < -0.39 is 24.2 Å². The molecule has 0 fully saturated rings. The number of benzene rings is 2. The highest BCUT2D eigenvalue weighted by molar-refractivity contribution is 9.10. The number of nitrogens with one attached hydrogen (secondary N) is 2. The van der Waals surface area contributed by atoms with Crippen molar-refractivity contribution in [3.63, 3.8) is 0 Å². The molecule has 2 unspecified atom stereocenters. The molecule has 2 aromatic carbocycles. The van der Waals surface area contributed by atoms with Crippen LogP contribution >= 0.6 is 39.1 Å². The van der Waals surface area contributed by atoms with Crippen LogP contribution in [0.1, 0.15) is 34.6 Å². The number of amides is 1. The average Bonchev–Trinajstić information content (AvgIpc) is 3.06. The first kappa shape index (κ1) is 22.0. The van der Waals surface area contributed by atoms with E-state index in [0.717, 1.165) is 4.68 Å². The maximum atomic E-state index is 13.9. The van der Waals surface area contributed by atoms with Crippen LogP contribution in [-0.2, 0) is 0 Å². The van der Waals surface area contributed by atoms with Gasteiger partial charge in [-0.3, -0.25) is 4.79 Å². The molecule has 1 aliphatic rings. The minimum absolute atomic E-state index is 0.0785. The van der Waals surface area contributed by atoms with Gasteiger partial charge in [0.25, 0.3) is 5.91 Å². The Kier molecular flexibility index (Phi) is 5.93. The van der Waals surface area contributed by atoms with Crippen LogP contribution in [-0.4, -0.2) is 21.9 Å². The van der Waals surface area contributed by atoms with E-state index in [-0.39, 0.29) is 33.1 Å². The molecule has 4 rings (SSSR count). The van der Waals surface area contributed by atoms with E-state index in [2.05, 4.69) is 31.7 Å². The highest BCUT2D eigenvalue weighted by atomic mass is 79.9. The molecule has 1 aliphatic heterocycles. The second-order valence-corrected chi connectivity index (χ2v) is 8.57. The Hall–Kier alpha value is -2.23. The van der Waals surface area contributed by atoms with Crippen LogP contribution in [0, 0.1) is 0 Å². The average molecular weight is 534 g/mol. The summed E-state index contributed by atoms with van der Waals surface area (Å²) in [5.74, 6) is -0.633. The number of anilines is 2. The summed E-state index contributed by atoms with van der Waals surface area (Å²) in [7, 11) is 0. The van der Waals surface area contributed by atoms with Gasteiger partial charge in [-0.1, -0.05) is 53.5 Å². The maximum Gasteiger partial charge on any atom is 0.410 e. The minimum Gasteiger partial charge on any atom is -0.362 e. The summed E-state index contributed by atoms with van der Waals surface area (Å²) in [6.45, 7) is 0. The van der Waals surface area contributed by atoms with Gasteiger partial charge in [0.2, 0.25) is 0 Å². The largest absolute Gasteiger partial charge is 0.410 e. The van der Waals surface area contributed by atoms with Crippen molar-refractivity contribution >= 4 is 56.5 Å². The van der Waals surface area contributed by atoms with Crippen LogP contribution in [0.15, 0.2) is 53.0 Å². The SMILES string of the molecule is O=C(Nc1ccc(Cl)cc1Cl)c1nn2c(c1Br)NC(c1ccccc1)CC2C(F)(F)F. The van der Waals surface area contributed by atoms with E-state index in [1.54, 1.807) is 30.3 Å². The fourth-order valence-corrected chi connectivity index (χ4v) is 4.42. The number of alkyl halides is 3. The van der Waals surface area contributed by atoms with Crippen molar-refractivity contribution in [2.24, 2.45) is 0 Å². The summed E-state index contributed by atoms with van der Waals surface area (Å²) >= 11 is 15.2. The number of rotatable bonds is 3. The predicted octanol–water partition coefficient (Wildman–Crippen LogP) is 6.87. The van der Waals surface area contributed by atoms with Gasteiger partial charge in [0.05, 0.1) is 21.2 Å². The smallest absolute Gasteiger partial charge is 0.362 e. The van der Waals surface area contributed by atoms with Crippen LogP contribution < -0.4 is 10.6 Å². The van der Waals surface area contributed by atoms with Crippen LogP contribution in [0.5, 0.6) is 0 Å². The van der Waals surface area contributed by atoms with Crippen molar-refractivity contribution in [2.75, 3.05) is 10.6 Å². The van der Waals surface area contributed by atoms with Crippen LogP contribution in [0.25, 0.3) is 0 Å². The molecule has 162 valence electrons. The number of halogens is 6. The first-order chi connectivity index (χ1) is 14.6. The van der Waals surface area contributed by atoms with Gasteiger partial charge in [-0.25, -0.2) is 4.68 Å². The van der Waals surface area contributed by atoms with Crippen molar-refractivity contribution in [1.29, 1.82) is 0 Å². The van der Waals surface area contributed by atoms with E-state index in [1.165, 1.54) is 18.2 Å². The van der Waals surface area contributed by atoms with Crippen molar-refractivity contribution in [3.05, 3.63) is 74.3 Å². The van der Waals surface area contributed by atoms with Gasteiger partial charge in [-0.15, -0.1) is 0 Å². The molecule has 1 aromatic heterocycles. The summed E-state index contributed by atoms with van der Waals surface area (Å²) in [4.78, 5) is 12.8. The minimum atomic E-state index is -4.55. The van der Waals surface area contributed by atoms with Crippen molar-refractivity contribution in [1.82, 2.24) is 9.78 Å². The zero-order valence-corrected chi connectivity index (χ0v) is 18.6. The third kappa shape index (κ3) is 4.40. The normalized spacial score (nSPS) is 18.3. The third-order valence-corrected chi connectivity index (χ3v) is 6.19. The van der Waals surface area contributed by atoms with Gasteiger partial charge in [-0.2, -0.15) is 18.3 Å². The van der Waals surface area contributed by atoms with Gasteiger partial charge in [0.15, 0.2) is 11.7 Å². The Morgan fingerprint density at radius 2 is 1.90 bits per heavy atom. The van der Waals surface area contributed by atoms with Crippen LogP contribution in [0.4, 0.5) is 24.7 Å². The number of carbonyl (C=O) groups excluding carboxylic acids is 1. The van der Waals surface area contributed by atoms with Gasteiger partial charge in [0.1, 0.15) is 5.82 Å². The highest BCUT2D eigenvalue weighted by Crippen LogP contribution is 2.46.